The highest BCUT2D eigenvalue weighted by molar-refractivity contribution is 9.10. The summed E-state index contributed by atoms with van der Waals surface area (Å²) >= 11 is 8.94. The summed E-state index contributed by atoms with van der Waals surface area (Å²) < 4.78 is 0.901. The van der Waals surface area contributed by atoms with E-state index in [0.717, 1.165) is 4.47 Å². The molecule has 54 valence electrons. The molecule has 1 aromatic carbocycles. The van der Waals surface area contributed by atoms with E-state index >= 15 is 0 Å². The third-order valence-corrected chi connectivity index (χ3v) is 1.81. The van der Waals surface area contributed by atoms with E-state index in [4.69, 9.17) is 17.5 Å². The van der Waals surface area contributed by atoms with Crippen molar-refractivity contribution in [3.63, 3.8) is 0 Å². The van der Waals surface area contributed by atoms with E-state index in [1.54, 1.807) is 18.2 Å². The lowest BCUT2D eigenvalue weighted by Gasteiger charge is -1.99. The number of hydrogen-bond donors (Lipinski definition) is 1. The topological polar surface area (TPSA) is 35.2 Å². The van der Waals surface area contributed by atoms with Crippen LogP contribution in [0.1, 0.15) is 0 Å². The maximum absolute atomic E-state index is 5.69. The molecule has 0 atom stereocenters. The number of rotatable bonds is 1. The molecule has 0 unspecified atom stereocenters. The van der Waals surface area contributed by atoms with Crippen LogP contribution in [-0.4, -0.2) is 0 Å². The van der Waals surface area contributed by atoms with Crippen molar-refractivity contribution < 1.29 is 4.84 Å². The predicted molar refractivity (Wildman–Crippen MR) is 44.0 cm³/mol. The molecule has 0 saturated carbocycles. The molecule has 0 aromatic heterocycles. The van der Waals surface area contributed by atoms with Gasteiger partial charge in [-0.15, -0.1) is 0 Å². The fourth-order valence-electron chi connectivity index (χ4n) is 0.571. The Bertz CT molecular complexity index is 241. The van der Waals surface area contributed by atoms with Gasteiger partial charge in [-0.05, 0) is 18.2 Å². The van der Waals surface area contributed by atoms with Gasteiger partial charge in [-0.25, -0.2) is 0 Å². The van der Waals surface area contributed by atoms with Crippen LogP contribution in [0.15, 0.2) is 22.7 Å². The van der Waals surface area contributed by atoms with E-state index in [1.807, 2.05) is 0 Å². The summed E-state index contributed by atoms with van der Waals surface area (Å²) in [6.07, 6.45) is 0. The summed E-state index contributed by atoms with van der Waals surface area (Å²) in [5.41, 5.74) is 0. The fraction of sp³-hybridized carbons (Fsp3) is 0. The van der Waals surface area contributed by atoms with Gasteiger partial charge in [0.1, 0.15) is 0 Å². The van der Waals surface area contributed by atoms with Crippen LogP contribution in [0.3, 0.4) is 0 Å². The first kappa shape index (κ1) is 7.85. The highest BCUT2D eigenvalue weighted by atomic mass is 79.9. The van der Waals surface area contributed by atoms with Gasteiger partial charge in [0.2, 0.25) is 0 Å². The third-order valence-electron chi connectivity index (χ3n) is 1.02. The summed E-state index contributed by atoms with van der Waals surface area (Å²) in [7, 11) is 0. The van der Waals surface area contributed by atoms with Gasteiger partial charge < -0.3 is 4.84 Å². The van der Waals surface area contributed by atoms with E-state index in [9.17, 15) is 0 Å². The fourth-order valence-corrected chi connectivity index (χ4v) is 1.29. The van der Waals surface area contributed by atoms with Gasteiger partial charge in [0.25, 0.3) is 0 Å². The number of benzene rings is 1. The third kappa shape index (κ3) is 1.62. The summed E-state index contributed by atoms with van der Waals surface area (Å²) in [4.78, 5) is 4.45. The molecule has 10 heavy (non-hydrogen) atoms. The Kier molecular flexibility index (Phi) is 2.54. The second-order valence-corrected chi connectivity index (χ2v) is 3.02. The van der Waals surface area contributed by atoms with Crippen molar-refractivity contribution in [3.8, 4) is 5.75 Å². The van der Waals surface area contributed by atoms with Crippen molar-refractivity contribution in [2.45, 2.75) is 0 Å². The Hall–Kier alpha value is -0.250. The maximum Gasteiger partial charge on any atom is 0.165 e. The van der Waals surface area contributed by atoms with E-state index in [-0.39, 0.29) is 0 Å². The Balaban J connectivity index is 3.07. The zero-order valence-electron chi connectivity index (χ0n) is 4.97. The van der Waals surface area contributed by atoms with Crippen LogP contribution in [0.4, 0.5) is 0 Å². The average molecular weight is 222 g/mol. The number of halogens is 2. The molecule has 0 amide bonds. The standard InChI is InChI=1S/C6H5BrClNO/c7-4-1-2-6(10-9)5(8)3-4/h1-3H,9H2. The van der Waals surface area contributed by atoms with E-state index in [1.165, 1.54) is 0 Å². The van der Waals surface area contributed by atoms with Crippen LogP contribution in [-0.2, 0) is 0 Å². The molecule has 0 spiro atoms. The van der Waals surface area contributed by atoms with Gasteiger partial charge in [0.15, 0.2) is 5.75 Å². The van der Waals surface area contributed by atoms with Crippen molar-refractivity contribution in [1.82, 2.24) is 0 Å². The quantitative estimate of drug-likeness (QED) is 0.740. The lowest BCUT2D eigenvalue weighted by molar-refractivity contribution is 0.334. The normalized spacial score (nSPS) is 9.50. The summed E-state index contributed by atoms with van der Waals surface area (Å²) in [6, 6.07) is 5.20. The second-order valence-electron chi connectivity index (χ2n) is 1.69. The smallest absolute Gasteiger partial charge is 0.165 e. The molecule has 0 aliphatic heterocycles. The Morgan fingerprint density at radius 2 is 2.20 bits per heavy atom. The summed E-state index contributed by atoms with van der Waals surface area (Å²) in [6.45, 7) is 0. The number of hydrogen-bond acceptors (Lipinski definition) is 2. The van der Waals surface area contributed by atoms with Gasteiger partial charge in [-0.1, -0.05) is 27.5 Å². The minimum atomic E-state index is 0.477. The SMILES string of the molecule is NOc1ccc(Br)cc1Cl. The Labute approximate surface area is 72.0 Å². The first-order valence-electron chi connectivity index (χ1n) is 2.56. The van der Waals surface area contributed by atoms with Crippen LogP contribution < -0.4 is 10.7 Å². The molecular weight excluding hydrogens is 217 g/mol. The molecule has 0 bridgehead atoms. The first-order valence-corrected chi connectivity index (χ1v) is 3.73. The molecule has 1 aromatic rings. The molecule has 0 aliphatic carbocycles. The molecule has 0 aliphatic rings. The molecule has 2 N–H and O–H groups in total. The zero-order valence-corrected chi connectivity index (χ0v) is 7.32. The largest absolute Gasteiger partial charge is 0.410 e. The van der Waals surface area contributed by atoms with Gasteiger partial charge in [-0.2, -0.15) is 5.90 Å². The zero-order chi connectivity index (χ0) is 7.56. The van der Waals surface area contributed by atoms with Crippen molar-refractivity contribution in [2.24, 2.45) is 5.90 Å². The Morgan fingerprint density at radius 1 is 1.50 bits per heavy atom. The van der Waals surface area contributed by atoms with Gasteiger partial charge in [-0.3, -0.25) is 0 Å². The summed E-state index contributed by atoms with van der Waals surface area (Å²) in [5.74, 6) is 5.38. The van der Waals surface area contributed by atoms with E-state index in [0.29, 0.717) is 10.8 Å². The average Bonchev–Trinajstić information content (AvgIpc) is 1.88. The predicted octanol–water partition coefficient (Wildman–Crippen LogP) is 2.36. The lowest BCUT2D eigenvalue weighted by atomic mass is 10.3. The van der Waals surface area contributed by atoms with Crippen LogP contribution in [0, 0.1) is 0 Å². The minimum Gasteiger partial charge on any atom is -0.410 e. The number of nitrogens with two attached hydrogens (primary N) is 1. The molecule has 0 fully saturated rings. The second kappa shape index (κ2) is 3.23. The molecule has 1 rings (SSSR count). The molecule has 0 heterocycles. The first-order chi connectivity index (χ1) is 4.74. The van der Waals surface area contributed by atoms with Gasteiger partial charge >= 0.3 is 0 Å². The van der Waals surface area contributed by atoms with Crippen molar-refractivity contribution >= 4 is 27.5 Å². The van der Waals surface area contributed by atoms with Crippen LogP contribution >= 0.6 is 27.5 Å². The van der Waals surface area contributed by atoms with Gasteiger partial charge in [0, 0.05) is 4.47 Å². The summed E-state index contributed by atoms with van der Waals surface area (Å²) in [5, 5.41) is 0.497. The van der Waals surface area contributed by atoms with Crippen molar-refractivity contribution in [3.05, 3.63) is 27.7 Å². The molecular formula is C6H5BrClNO. The molecule has 0 radical (unpaired) electrons. The maximum atomic E-state index is 5.69. The lowest BCUT2D eigenvalue weighted by Crippen LogP contribution is -2.01. The minimum absolute atomic E-state index is 0.477. The van der Waals surface area contributed by atoms with Crippen LogP contribution in [0.5, 0.6) is 5.75 Å². The highest BCUT2D eigenvalue weighted by Crippen LogP contribution is 2.26. The molecule has 4 heteroatoms. The highest BCUT2D eigenvalue weighted by Gasteiger charge is 1.98. The molecule has 0 saturated heterocycles. The van der Waals surface area contributed by atoms with Gasteiger partial charge in [0.05, 0.1) is 5.02 Å². The van der Waals surface area contributed by atoms with Crippen LogP contribution in [0.25, 0.3) is 0 Å². The van der Waals surface area contributed by atoms with Crippen molar-refractivity contribution in [1.29, 1.82) is 0 Å². The van der Waals surface area contributed by atoms with E-state index < -0.39 is 0 Å². The van der Waals surface area contributed by atoms with Crippen molar-refractivity contribution in [2.75, 3.05) is 0 Å². The van der Waals surface area contributed by atoms with E-state index in [2.05, 4.69) is 20.8 Å². The Morgan fingerprint density at radius 3 is 2.70 bits per heavy atom. The van der Waals surface area contributed by atoms with Crippen LogP contribution in [0.2, 0.25) is 5.02 Å². The monoisotopic (exact) mass is 221 g/mol. The molecule has 2 nitrogen and oxygen atoms in total.